The molecule has 5 heterocycles. The number of nitrogens with one attached hydrogen (secondary N) is 2. The summed E-state index contributed by atoms with van der Waals surface area (Å²) in [5.74, 6) is -2.32. The molecule has 570 valence electrons. The molecule has 32 nitrogen and oxygen atoms in total. The Morgan fingerprint density at radius 3 is 0.683 bits per heavy atom. The summed E-state index contributed by atoms with van der Waals surface area (Å²) in [6.07, 6.45) is 0. The Balaban J connectivity index is 1.75. The smallest absolute Gasteiger partial charge is 0.243 e. The highest BCUT2D eigenvalue weighted by Gasteiger charge is 2.41. The molecule has 0 saturated carbocycles. The first kappa shape index (κ1) is 81.6. The molecule has 0 atom stereocenters. The van der Waals surface area contributed by atoms with Gasteiger partial charge < -0.3 is 9.97 Å². The highest BCUT2D eigenvalue weighted by Crippen LogP contribution is 2.47. The highest BCUT2D eigenvalue weighted by atomic mass is 32.2. The minimum absolute atomic E-state index is 0.0938. The summed E-state index contributed by atoms with van der Waals surface area (Å²) in [5, 5.41) is -1.42. The molecule has 8 bridgehead atoms. The van der Waals surface area contributed by atoms with Gasteiger partial charge in [0.1, 0.15) is 22.6 Å². The molecule has 40 heteroatoms. The van der Waals surface area contributed by atoms with Crippen LogP contribution in [0.25, 0.3) is 89.7 Å². The van der Waals surface area contributed by atoms with Crippen LogP contribution in [0.2, 0.25) is 0 Å². The number of aromatic nitrogens is 8. The quantitative estimate of drug-likeness (QED) is 0.0424. The van der Waals surface area contributed by atoms with Crippen molar-refractivity contribution >= 4 is 124 Å². The third-order valence-electron chi connectivity index (χ3n) is 18.6. The standard InChI is InChI=1S/C64H90N16O16S8/c1-17-73(18-2)97(81,82)41-33-45-53(49(37-41)101(89,90)77(25-9)26-10)61-65-57(45)69-62-54-46(34-42(98(83,84)74(19-3)20-4)38-50(54)102(91,92)78(27-11)28-12)59(66-62)71-64-56-48(36-44(100(87,88)76(23-7)24-8)40-52(56)104(95,96)80(31-15)32-16)60(68-64)72-63-55-47(58(67-63)70-61)35-43(99(85,86)75(21-5)22-6)39-51(55)103(93,94)79(29-13)30-14/h33-40H,17-32H2,1-16H3,(H2,65,66,67,68,69,70,71,72). The molecule has 9 rings (SSSR count). The normalized spacial score (nSPS) is 13.8. The van der Waals surface area contributed by atoms with Gasteiger partial charge in [-0.2, -0.15) is 34.4 Å². The fourth-order valence-electron chi connectivity index (χ4n) is 13.1. The molecule has 0 aliphatic carbocycles. The van der Waals surface area contributed by atoms with Gasteiger partial charge in [-0.15, -0.1) is 0 Å². The van der Waals surface area contributed by atoms with Crippen LogP contribution >= 0.6 is 0 Å². The molecule has 0 radical (unpaired) electrons. The Labute approximate surface area is 610 Å². The summed E-state index contributed by atoms with van der Waals surface area (Å²) in [4.78, 5) is 30.9. The van der Waals surface area contributed by atoms with E-state index in [2.05, 4.69) is 9.97 Å². The summed E-state index contributed by atoms with van der Waals surface area (Å²) in [6, 6.07) is 8.21. The van der Waals surface area contributed by atoms with Gasteiger partial charge in [-0.1, -0.05) is 111 Å². The van der Waals surface area contributed by atoms with E-state index in [1.54, 1.807) is 111 Å². The van der Waals surface area contributed by atoms with E-state index < -0.39 is 176 Å². The van der Waals surface area contributed by atoms with Crippen molar-refractivity contribution in [1.29, 1.82) is 0 Å². The fourth-order valence-corrected chi connectivity index (χ4v) is 26.3. The second kappa shape index (κ2) is 30.6. The average Bonchev–Trinajstić information content (AvgIpc) is 1.54. The van der Waals surface area contributed by atoms with Gasteiger partial charge in [0.25, 0.3) is 0 Å². The lowest BCUT2D eigenvalue weighted by atomic mass is 10.1. The molecule has 0 unspecified atom stereocenters. The number of hydrogen-bond acceptors (Lipinski definition) is 22. The van der Waals surface area contributed by atoms with Crippen LogP contribution in [0.1, 0.15) is 111 Å². The van der Waals surface area contributed by atoms with E-state index in [9.17, 15) is 0 Å². The highest BCUT2D eigenvalue weighted by molar-refractivity contribution is 7.91. The first-order valence-electron chi connectivity index (χ1n) is 34.4. The van der Waals surface area contributed by atoms with Crippen LogP contribution in [0, 0.1) is 0 Å². The Bertz CT molecular complexity index is 5340. The Hall–Kier alpha value is -6.48. The van der Waals surface area contributed by atoms with E-state index in [1.807, 2.05) is 0 Å². The SMILES string of the molecule is CCN(CC)S(=O)(=O)c1cc2c(c(S(=O)(=O)N(CC)CC)c1)-c1nc-2nc2[nH]c(nc3nc(nc4[nH]c(n1)c1cc(S(=O)(=O)N(CC)CC)cc(S(=O)(=O)N(CC)CC)c41)-c1cc(S(=O)(=O)N(CC)CC)cc(S(=O)(=O)N(CC)CC)c1-3)c1cc(S(=O)(=O)N(CC)CC)cc(S(=O)(=O)N(CC)CC)c21. The van der Waals surface area contributed by atoms with E-state index in [1.165, 1.54) is 0 Å². The zero-order chi connectivity index (χ0) is 77.1. The molecule has 104 heavy (non-hydrogen) atoms. The number of sulfonamides is 8. The van der Waals surface area contributed by atoms with Gasteiger partial charge in [0, 0.05) is 137 Å². The van der Waals surface area contributed by atoms with Gasteiger partial charge in [-0.05, 0) is 48.5 Å². The van der Waals surface area contributed by atoms with Crippen LogP contribution in [0.5, 0.6) is 0 Å². The van der Waals surface area contributed by atoms with Crippen molar-refractivity contribution in [2.24, 2.45) is 0 Å². The molecule has 2 aliphatic rings. The van der Waals surface area contributed by atoms with Gasteiger partial charge in [0.15, 0.2) is 23.3 Å². The molecule has 7 aromatic rings. The van der Waals surface area contributed by atoms with Crippen LogP contribution in [0.15, 0.2) is 87.7 Å². The largest absolute Gasteiger partial charge is 0.324 e. The zero-order valence-corrected chi connectivity index (χ0v) is 67.5. The van der Waals surface area contributed by atoms with Crippen LogP contribution < -0.4 is 0 Å². The number of H-pyrrole nitrogens is 2. The molecule has 0 spiro atoms. The minimum Gasteiger partial charge on any atom is -0.324 e. The first-order chi connectivity index (χ1) is 48.9. The van der Waals surface area contributed by atoms with Crippen molar-refractivity contribution in [1.82, 2.24) is 74.3 Å². The number of rotatable bonds is 32. The van der Waals surface area contributed by atoms with Crippen LogP contribution in [0.4, 0.5) is 0 Å². The van der Waals surface area contributed by atoms with Gasteiger partial charge in [0.05, 0.1) is 50.3 Å². The van der Waals surface area contributed by atoms with Crippen LogP contribution in [0.3, 0.4) is 0 Å². The van der Waals surface area contributed by atoms with Gasteiger partial charge >= 0.3 is 0 Å². The van der Waals surface area contributed by atoms with E-state index in [4.69, 9.17) is 29.9 Å². The van der Waals surface area contributed by atoms with E-state index in [0.717, 1.165) is 83.0 Å². The number of aromatic amines is 2. The Morgan fingerprint density at radius 2 is 0.442 bits per heavy atom. The number of fused-ring (bicyclic) bond motifs is 20. The first-order valence-corrected chi connectivity index (χ1v) is 46.0. The van der Waals surface area contributed by atoms with Crippen LogP contribution in [-0.2, 0) is 80.2 Å². The third kappa shape index (κ3) is 13.7. The number of benzene rings is 4. The summed E-state index contributed by atoms with van der Waals surface area (Å²) in [5.41, 5.74) is -3.50. The predicted molar refractivity (Wildman–Crippen MR) is 397 cm³/mol. The molecule has 2 aliphatic heterocycles. The molecule has 0 amide bonds. The van der Waals surface area contributed by atoms with Crippen LogP contribution in [-0.4, -0.2) is 246 Å². The lowest BCUT2D eigenvalue weighted by Gasteiger charge is -2.23. The lowest BCUT2D eigenvalue weighted by Crippen LogP contribution is -2.32. The van der Waals surface area contributed by atoms with Crippen molar-refractivity contribution in [3.63, 3.8) is 0 Å². The van der Waals surface area contributed by atoms with E-state index in [0.29, 0.717) is 0 Å². The Morgan fingerprint density at radius 1 is 0.240 bits per heavy atom. The molecule has 4 aromatic carbocycles. The zero-order valence-electron chi connectivity index (χ0n) is 61.0. The molecule has 0 saturated heterocycles. The monoisotopic (exact) mass is 1590 g/mol. The van der Waals surface area contributed by atoms with Gasteiger partial charge in [-0.3, -0.25) is 0 Å². The van der Waals surface area contributed by atoms with E-state index in [-0.39, 0.29) is 137 Å². The predicted octanol–water partition coefficient (Wildman–Crippen LogP) is 7.11. The van der Waals surface area contributed by atoms with Crippen molar-refractivity contribution < 1.29 is 67.3 Å². The summed E-state index contributed by atoms with van der Waals surface area (Å²) < 4.78 is 254. The third-order valence-corrected chi connectivity index (χ3v) is 35.1. The maximum absolute atomic E-state index is 15.6. The van der Waals surface area contributed by atoms with E-state index >= 15 is 67.3 Å². The lowest BCUT2D eigenvalue weighted by molar-refractivity contribution is 0.441. The summed E-state index contributed by atoms with van der Waals surface area (Å²) >= 11 is 0. The molecule has 2 N–H and O–H groups in total. The van der Waals surface area contributed by atoms with Gasteiger partial charge in [0.2, 0.25) is 80.2 Å². The maximum atomic E-state index is 15.6. The second-order valence-corrected chi connectivity index (χ2v) is 39.1. The van der Waals surface area contributed by atoms with Crippen molar-refractivity contribution in [3.05, 3.63) is 48.5 Å². The Kier molecular flexibility index (Phi) is 24.0. The molecular formula is C64H90N16O16S8. The number of nitrogens with zero attached hydrogens (tertiary/aromatic N) is 14. The maximum Gasteiger partial charge on any atom is 0.243 e. The molecule has 0 fully saturated rings. The van der Waals surface area contributed by atoms with Crippen molar-refractivity contribution in [2.45, 2.75) is 150 Å². The topological polar surface area (TPSA) is 408 Å². The summed E-state index contributed by atoms with van der Waals surface area (Å²) in [6.45, 7) is 22.9. The summed E-state index contributed by atoms with van der Waals surface area (Å²) in [7, 11) is -38.3. The van der Waals surface area contributed by atoms with Crippen molar-refractivity contribution in [2.75, 3.05) is 105 Å². The van der Waals surface area contributed by atoms with Crippen molar-refractivity contribution in [3.8, 4) is 45.6 Å². The number of hydrogen-bond donors (Lipinski definition) is 2. The van der Waals surface area contributed by atoms with Gasteiger partial charge in [-0.25, -0.2) is 97.2 Å². The molecule has 3 aromatic heterocycles. The average molecular weight is 1600 g/mol. The minimum atomic E-state index is -4.90. The molecular weight excluding hydrogens is 1510 g/mol. The second-order valence-electron chi connectivity index (χ2n) is 23.7. The fraction of sp³-hybridized carbons (Fsp3) is 0.500.